The molecule has 0 radical (unpaired) electrons. The summed E-state index contributed by atoms with van der Waals surface area (Å²) in [5.74, 6) is 0.0510. The zero-order chi connectivity index (χ0) is 20.5. The van der Waals surface area contributed by atoms with Gasteiger partial charge in [-0.3, -0.25) is 0 Å². The molecule has 0 bridgehead atoms. The summed E-state index contributed by atoms with van der Waals surface area (Å²) in [5, 5.41) is 0. The van der Waals surface area contributed by atoms with E-state index in [-0.39, 0.29) is 18.0 Å². The smallest absolute Gasteiger partial charge is 0.421 e. The third kappa shape index (κ3) is 4.07. The molecule has 1 saturated heterocycles. The van der Waals surface area contributed by atoms with E-state index in [2.05, 4.69) is 4.98 Å². The van der Waals surface area contributed by atoms with Crippen molar-refractivity contribution in [3.05, 3.63) is 47.7 Å². The Morgan fingerprint density at radius 1 is 1.25 bits per heavy atom. The summed E-state index contributed by atoms with van der Waals surface area (Å²) >= 11 is 0. The molecule has 2 aromatic rings. The fourth-order valence-electron chi connectivity index (χ4n) is 2.78. The molecule has 10 heteroatoms. The first-order valence-corrected chi connectivity index (χ1v) is 9.99. The molecule has 0 unspecified atom stereocenters. The van der Waals surface area contributed by atoms with Gasteiger partial charge in [-0.15, -0.1) is 0 Å². The maximum Gasteiger partial charge on any atom is 0.421 e. The van der Waals surface area contributed by atoms with Crippen LogP contribution in [0.2, 0.25) is 0 Å². The number of aromatic nitrogens is 1. The lowest BCUT2D eigenvalue weighted by molar-refractivity contribution is -0.140. The quantitative estimate of drug-likeness (QED) is 0.723. The minimum atomic E-state index is -4.60. The fourth-order valence-corrected chi connectivity index (χ4v) is 4.37. The van der Waals surface area contributed by atoms with Crippen molar-refractivity contribution in [3.63, 3.8) is 0 Å². The number of halogens is 3. The Morgan fingerprint density at radius 3 is 2.57 bits per heavy atom. The maximum atomic E-state index is 13.0. The minimum absolute atomic E-state index is 0.0531. The van der Waals surface area contributed by atoms with Crippen LogP contribution in [0.5, 0.6) is 11.6 Å². The second-order valence-electron chi connectivity index (χ2n) is 6.28. The van der Waals surface area contributed by atoms with Gasteiger partial charge in [-0.2, -0.15) is 17.5 Å². The third-order valence-corrected chi connectivity index (χ3v) is 6.08. The van der Waals surface area contributed by atoms with Gasteiger partial charge in [0.15, 0.2) is 0 Å². The van der Waals surface area contributed by atoms with Crippen molar-refractivity contribution in [2.45, 2.75) is 31.0 Å². The molecule has 28 heavy (non-hydrogen) atoms. The molecule has 6 nitrogen and oxygen atoms in total. The van der Waals surface area contributed by atoms with Crippen molar-refractivity contribution < 1.29 is 31.1 Å². The van der Waals surface area contributed by atoms with Crippen LogP contribution < -0.4 is 9.47 Å². The number of benzene rings is 1. The molecule has 1 aliphatic heterocycles. The lowest BCUT2D eigenvalue weighted by Gasteiger charge is -2.37. The molecule has 0 saturated carbocycles. The molecule has 2 heterocycles. The number of ether oxygens (including phenoxy) is 2. The Morgan fingerprint density at radius 2 is 1.96 bits per heavy atom. The molecule has 1 aromatic heterocycles. The highest BCUT2D eigenvalue weighted by atomic mass is 32.2. The SMILES string of the molecule is CCOc1ccc(S(=O)(=O)N2CC(Oc3ncccc3C(F)(F)F)C2)cc1C. The van der Waals surface area contributed by atoms with Crippen molar-refractivity contribution in [3.8, 4) is 11.6 Å². The van der Waals surface area contributed by atoms with Crippen LogP contribution in [0.3, 0.4) is 0 Å². The summed E-state index contributed by atoms with van der Waals surface area (Å²) in [6.45, 7) is 3.93. The maximum absolute atomic E-state index is 13.0. The van der Waals surface area contributed by atoms with Gasteiger partial charge >= 0.3 is 6.18 Å². The topological polar surface area (TPSA) is 68.7 Å². The lowest BCUT2D eigenvalue weighted by atomic mass is 10.2. The number of hydrogen-bond acceptors (Lipinski definition) is 5. The van der Waals surface area contributed by atoms with Gasteiger partial charge in [-0.05, 0) is 49.7 Å². The lowest BCUT2D eigenvalue weighted by Crippen LogP contribution is -2.56. The molecule has 3 rings (SSSR count). The van der Waals surface area contributed by atoms with Gasteiger partial charge in [0.05, 0.1) is 24.6 Å². The zero-order valence-electron chi connectivity index (χ0n) is 15.2. The Labute approximate surface area is 161 Å². The van der Waals surface area contributed by atoms with E-state index in [0.29, 0.717) is 17.9 Å². The standard InChI is InChI=1S/C18H19F3N2O4S/c1-3-26-16-7-6-14(9-12(16)2)28(24,25)23-10-13(11-23)27-17-15(18(19,20)21)5-4-8-22-17/h4-9,13H,3,10-11H2,1-2H3. The Kier molecular flexibility index (Phi) is 5.53. The van der Waals surface area contributed by atoms with E-state index in [1.807, 2.05) is 6.92 Å². The van der Waals surface area contributed by atoms with E-state index < -0.39 is 33.7 Å². The molecule has 0 atom stereocenters. The number of pyridine rings is 1. The Balaban J connectivity index is 1.69. The number of sulfonamides is 1. The van der Waals surface area contributed by atoms with E-state index in [1.165, 1.54) is 24.4 Å². The summed E-state index contributed by atoms with van der Waals surface area (Å²) in [5.41, 5.74) is -0.307. The number of aryl methyl sites for hydroxylation is 1. The molecule has 1 aliphatic rings. The van der Waals surface area contributed by atoms with Gasteiger partial charge < -0.3 is 9.47 Å². The molecule has 0 amide bonds. The summed E-state index contributed by atoms with van der Waals surface area (Å²) in [4.78, 5) is 3.72. The van der Waals surface area contributed by atoms with Gasteiger partial charge in [0.1, 0.15) is 17.4 Å². The van der Waals surface area contributed by atoms with Crippen LogP contribution in [-0.4, -0.2) is 43.5 Å². The van der Waals surface area contributed by atoms with Crippen LogP contribution in [0.4, 0.5) is 13.2 Å². The molecule has 0 N–H and O–H groups in total. The minimum Gasteiger partial charge on any atom is -0.494 e. The fraction of sp³-hybridized carbons (Fsp3) is 0.389. The molecule has 0 spiro atoms. The summed E-state index contributed by atoms with van der Waals surface area (Å²) < 4.78 is 76.2. The monoisotopic (exact) mass is 416 g/mol. The molecule has 1 aromatic carbocycles. The number of hydrogen-bond donors (Lipinski definition) is 0. The predicted octanol–water partition coefficient (Wildman–Crippen LogP) is 3.26. The Hall–Kier alpha value is -2.33. The van der Waals surface area contributed by atoms with E-state index in [0.717, 1.165) is 10.4 Å². The molecule has 0 aliphatic carbocycles. The van der Waals surface area contributed by atoms with E-state index in [9.17, 15) is 21.6 Å². The highest BCUT2D eigenvalue weighted by Crippen LogP contribution is 2.36. The van der Waals surface area contributed by atoms with Gasteiger partial charge in [0.25, 0.3) is 0 Å². The van der Waals surface area contributed by atoms with Crippen LogP contribution in [-0.2, 0) is 16.2 Å². The van der Waals surface area contributed by atoms with Crippen LogP contribution >= 0.6 is 0 Å². The van der Waals surface area contributed by atoms with Gasteiger partial charge in [0.2, 0.25) is 15.9 Å². The van der Waals surface area contributed by atoms with Crippen molar-refractivity contribution in [2.75, 3.05) is 19.7 Å². The zero-order valence-corrected chi connectivity index (χ0v) is 16.0. The summed E-state index contributed by atoms with van der Waals surface area (Å²) in [7, 11) is -3.77. The molecular weight excluding hydrogens is 397 g/mol. The normalized spacial score (nSPS) is 15.9. The third-order valence-electron chi connectivity index (χ3n) is 4.25. The molecule has 152 valence electrons. The number of rotatable bonds is 6. The highest BCUT2D eigenvalue weighted by Gasteiger charge is 2.41. The first kappa shape index (κ1) is 20.4. The summed E-state index contributed by atoms with van der Waals surface area (Å²) in [6.07, 6.45) is -4.10. The number of nitrogens with zero attached hydrogens (tertiary/aromatic N) is 2. The van der Waals surface area contributed by atoms with Crippen LogP contribution in [0, 0.1) is 6.92 Å². The average molecular weight is 416 g/mol. The van der Waals surface area contributed by atoms with Crippen molar-refractivity contribution in [1.29, 1.82) is 0 Å². The van der Waals surface area contributed by atoms with Gasteiger partial charge in [0, 0.05) is 6.20 Å². The van der Waals surface area contributed by atoms with Crippen LogP contribution in [0.25, 0.3) is 0 Å². The second kappa shape index (κ2) is 7.59. The second-order valence-corrected chi connectivity index (χ2v) is 8.21. The Bertz CT molecular complexity index is 958. The van der Waals surface area contributed by atoms with E-state index in [1.54, 1.807) is 13.0 Å². The predicted molar refractivity (Wildman–Crippen MR) is 94.8 cm³/mol. The van der Waals surface area contributed by atoms with E-state index in [4.69, 9.17) is 9.47 Å². The van der Waals surface area contributed by atoms with E-state index >= 15 is 0 Å². The molecule has 1 fully saturated rings. The first-order valence-electron chi connectivity index (χ1n) is 8.55. The van der Waals surface area contributed by atoms with Crippen molar-refractivity contribution in [2.24, 2.45) is 0 Å². The average Bonchev–Trinajstić information content (AvgIpc) is 2.59. The first-order chi connectivity index (χ1) is 13.1. The summed E-state index contributed by atoms with van der Waals surface area (Å²) in [6, 6.07) is 6.58. The van der Waals surface area contributed by atoms with Crippen LogP contribution in [0.15, 0.2) is 41.4 Å². The van der Waals surface area contributed by atoms with Gasteiger partial charge in [-0.25, -0.2) is 13.4 Å². The van der Waals surface area contributed by atoms with Crippen molar-refractivity contribution >= 4 is 10.0 Å². The largest absolute Gasteiger partial charge is 0.494 e. The molecular formula is C18H19F3N2O4S. The highest BCUT2D eigenvalue weighted by molar-refractivity contribution is 7.89. The van der Waals surface area contributed by atoms with Crippen LogP contribution in [0.1, 0.15) is 18.1 Å². The number of alkyl halides is 3. The van der Waals surface area contributed by atoms with Crippen molar-refractivity contribution in [1.82, 2.24) is 9.29 Å². The van der Waals surface area contributed by atoms with Gasteiger partial charge in [-0.1, -0.05) is 0 Å².